The molecule has 0 aliphatic carbocycles. The molecule has 0 bridgehead atoms. The molecule has 0 unspecified atom stereocenters. The normalized spacial score (nSPS) is 13.2. The minimum absolute atomic E-state index is 0.159. The molecule has 1 rings (SSSR count). The molecule has 6 N–H and O–H groups in total. The zero-order chi connectivity index (χ0) is 10.7. The highest BCUT2D eigenvalue weighted by molar-refractivity contribution is 5.50. The van der Waals surface area contributed by atoms with Crippen LogP contribution in [0.25, 0.3) is 0 Å². The first-order chi connectivity index (χ1) is 6.56. The third kappa shape index (κ3) is 2.25. The molecular formula is C11H19N3. The molecule has 78 valence electrons. The van der Waals surface area contributed by atoms with Crippen LogP contribution in [0.5, 0.6) is 0 Å². The van der Waals surface area contributed by atoms with E-state index in [4.69, 9.17) is 17.2 Å². The van der Waals surface area contributed by atoms with Crippen LogP contribution in [0.1, 0.15) is 36.9 Å². The quantitative estimate of drug-likeness (QED) is 0.634. The lowest BCUT2D eigenvalue weighted by atomic mass is 9.96. The summed E-state index contributed by atoms with van der Waals surface area (Å²) < 4.78 is 0. The first kappa shape index (κ1) is 11.0. The lowest BCUT2D eigenvalue weighted by molar-refractivity contribution is 0.735. The molecule has 0 heterocycles. The van der Waals surface area contributed by atoms with E-state index >= 15 is 0 Å². The van der Waals surface area contributed by atoms with Gasteiger partial charge in [0.05, 0.1) is 0 Å². The van der Waals surface area contributed by atoms with Gasteiger partial charge in [-0.05, 0) is 23.1 Å². The average molecular weight is 193 g/mol. The Hall–Kier alpha value is -1.06. The summed E-state index contributed by atoms with van der Waals surface area (Å²) >= 11 is 0. The SMILES string of the molecule is CC(C)c1ccc(N)c([C@H](N)CN)c1. The van der Waals surface area contributed by atoms with E-state index in [-0.39, 0.29) is 6.04 Å². The molecule has 0 fully saturated rings. The fraction of sp³-hybridized carbons (Fsp3) is 0.455. The summed E-state index contributed by atoms with van der Waals surface area (Å²) in [5.41, 5.74) is 20.1. The molecule has 0 saturated heterocycles. The number of anilines is 1. The van der Waals surface area contributed by atoms with Crippen molar-refractivity contribution in [3.63, 3.8) is 0 Å². The first-order valence-electron chi connectivity index (χ1n) is 4.91. The van der Waals surface area contributed by atoms with Crippen molar-refractivity contribution in [3.8, 4) is 0 Å². The summed E-state index contributed by atoms with van der Waals surface area (Å²) in [6.45, 7) is 4.71. The molecule has 1 atom stereocenters. The van der Waals surface area contributed by atoms with Crippen LogP contribution in [0.3, 0.4) is 0 Å². The van der Waals surface area contributed by atoms with E-state index < -0.39 is 0 Å². The van der Waals surface area contributed by atoms with Gasteiger partial charge in [-0.3, -0.25) is 0 Å². The predicted molar refractivity (Wildman–Crippen MR) is 60.9 cm³/mol. The number of nitrogen functional groups attached to an aromatic ring is 1. The van der Waals surface area contributed by atoms with Gasteiger partial charge in [0.2, 0.25) is 0 Å². The van der Waals surface area contributed by atoms with E-state index in [2.05, 4.69) is 19.9 Å². The van der Waals surface area contributed by atoms with Crippen LogP contribution in [0, 0.1) is 0 Å². The third-order valence-electron chi connectivity index (χ3n) is 2.43. The number of hydrogen-bond acceptors (Lipinski definition) is 3. The van der Waals surface area contributed by atoms with Crippen molar-refractivity contribution in [2.24, 2.45) is 11.5 Å². The Bertz CT molecular complexity index is 307. The minimum Gasteiger partial charge on any atom is -0.398 e. The fourth-order valence-corrected chi connectivity index (χ4v) is 1.40. The Labute approximate surface area is 85.3 Å². The highest BCUT2D eigenvalue weighted by atomic mass is 14.7. The second-order valence-electron chi connectivity index (χ2n) is 3.89. The Morgan fingerprint density at radius 2 is 1.93 bits per heavy atom. The maximum atomic E-state index is 5.86. The van der Waals surface area contributed by atoms with E-state index in [1.807, 2.05) is 12.1 Å². The molecule has 14 heavy (non-hydrogen) atoms. The maximum absolute atomic E-state index is 5.86. The Balaban J connectivity index is 3.08. The largest absolute Gasteiger partial charge is 0.398 e. The molecule has 0 aliphatic rings. The Kier molecular flexibility index (Phi) is 3.49. The monoisotopic (exact) mass is 193 g/mol. The standard InChI is InChI=1S/C11H19N3/c1-7(2)8-3-4-10(13)9(5-8)11(14)6-12/h3-5,7,11H,6,12-14H2,1-2H3/t11-/m1/s1. The van der Waals surface area contributed by atoms with Gasteiger partial charge >= 0.3 is 0 Å². The van der Waals surface area contributed by atoms with E-state index in [9.17, 15) is 0 Å². The average Bonchev–Trinajstić information content (AvgIpc) is 2.17. The lowest BCUT2D eigenvalue weighted by Crippen LogP contribution is -2.22. The van der Waals surface area contributed by atoms with Gasteiger partial charge in [-0.2, -0.15) is 0 Å². The molecule has 3 heteroatoms. The number of hydrogen-bond donors (Lipinski definition) is 3. The summed E-state index contributed by atoms with van der Waals surface area (Å²) in [6, 6.07) is 5.83. The molecule has 3 nitrogen and oxygen atoms in total. The Morgan fingerprint density at radius 3 is 2.43 bits per heavy atom. The molecule has 0 saturated carbocycles. The topological polar surface area (TPSA) is 78.1 Å². The molecular weight excluding hydrogens is 174 g/mol. The summed E-state index contributed by atoms with van der Waals surface area (Å²) in [5.74, 6) is 0.485. The summed E-state index contributed by atoms with van der Waals surface area (Å²) in [5, 5.41) is 0. The van der Waals surface area contributed by atoms with Crippen molar-refractivity contribution in [2.75, 3.05) is 12.3 Å². The highest BCUT2D eigenvalue weighted by Gasteiger charge is 2.09. The van der Waals surface area contributed by atoms with Crippen LogP contribution in [0.15, 0.2) is 18.2 Å². The van der Waals surface area contributed by atoms with Crippen molar-refractivity contribution < 1.29 is 0 Å². The molecule has 0 amide bonds. The van der Waals surface area contributed by atoms with Gasteiger partial charge in [-0.1, -0.05) is 26.0 Å². The van der Waals surface area contributed by atoms with Crippen LogP contribution in [-0.4, -0.2) is 6.54 Å². The lowest BCUT2D eigenvalue weighted by Gasteiger charge is -2.15. The number of rotatable bonds is 3. The van der Waals surface area contributed by atoms with Crippen molar-refractivity contribution in [3.05, 3.63) is 29.3 Å². The van der Waals surface area contributed by atoms with Gasteiger partial charge in [0.1, 0.15) is 0 Å². The van der Waals surface area contributed by atoms with Crippen molar-refractivity contribution in [1.29, 1.82) is 0 Å². The van der Waals surface area contributed by atoms with Gasteiger partial charge in [-0.15, -0.1) is 0 Å². The zero-order valence-corrected chi connectivity index (χ0v) is 8.83. The summed E-state index contributed by atoms with van der Waals surface area (Å²) in [6.07, 6.45) is 0. The fourth-order valence-electron chi connectivity index (χ4n) is 1.40. The van der Waals surface area contributed by atoms with Gasteiger partial charge in [0, 0.05) is 18.3 Å². The van der Waals surface area contributed by atoms with Gasteiger partial charge < -0.3 is 17.2 Å². The highest BCUT2D eigenvalue weighted by Crippen LogP contribution is 2.23. The van der Waals surface area contributed by atoms with E-state index in [1.54, 1.807) is 0 Å². The van der Waals surface area contributed by atoms with E-state index in [0.29, 0.717) is 12.5 Å². The van der Waals surface area contributed by atoms with Crippen LogP contribution in [0.2, 0.25) is 0 Å². The van der Waals surface area contributed by atoms with Crippen LogP contribution < -0.4 is 17.2 Å². The maximum Gasteiger partial charge on any atom is 0.0440 e. The minimum atomic E-state index is -0.159. The molecule has 0 aliphatic heterocycles. The van der Waals surface area contributed by atoms with Crippen molar-refractivity contribution in [1.82, 2.24) is 0 Å². The molecule has 0 aromatic heterocycles. The molecule has 0 radical (unpaired) electrons. The number of nitrogens with two attached hydrogens (primary N) is 3. The van der Waals surface area contributed by atoms with Gasteiger partial charge in [0.25, 0.3) is 0 Å². The summed E-state index contributed by atoms with van der Waals surface area (Å²) in [4.78, 5) is 0. The Morgan fingerprint density at radius 1 is 1.29 bits per heavy atom. The first-order valence-corrected chi connectivity index (χ1v) is 4.91. The molecule has 0 spiro atoms. The van der Waals surface area contributed by atoms with E-state index in [1.165, 1.54) is 5.56 Å². The molecule has 1 aromatic carbocycles. The second kappa shape index (κ2) is 4.44. The van der Waals surface area contributed by atoms with E-state index in [0.717, 1.165) is 11.3 Å². The third-order valence-corrected chi connectivity index (χ3v) is 2.43. The summed E-state index contributed by atoms with van der Waals surface area (Å²) in [7, 11) is 0. The van der Waals surface area contributed by atoms with Crippen LogP contribution in [0.4, 0.5) is 5.69 Å². The zero-order valence-electron chi connectivity index (χ0n) is 8.83. The van der Waals surface area contributed by atoms with Crippen molar-refractivity contribution >= 4 is 5.69 Å². The smallest absolute Gasteiger partial charge is 0.0440 e. The van der Waals surface area contributed by atoms with Crippen molar-refractivity contribution in [2.45, 2.75) is 25.8 Å². The number of benzene rings is 1. The predicted octanol–water partition coefficient (Wildman–Crippen LogP) is 1.35. The molecule has 1 aromatic rings. The van der Waals surface area contributed by atoms with Crippen LogP contribution in [-0.2, 0) is 0 Å². The van der Waals surface area contributed by atoms with Gasteiger partial charge in [0.15, 0.2) is 0 Å². The van der Waals surface area contributed by atoms with Crippen LogP contribution >= 0.6 is 0 Å². The van der Waals surface area contributed by atoms with Gasteiger partial charge in [-0.25, -0.2) is 0 Å². The second-order valence-corrected chi connectivity index (χ2v) is 3.89.